The van der Waals surface area contributed by atoms with Gasteiger partial charge in [0.1, 0.15) is 5.82 Å². The summed E-state index contributed by atoms with van der Waals surface area (Å²) in [5.41, 5.74) is 1.42. The summed E-state index contributed by atoms with van der Waals surface area (Å²) in [5.74, 6) is 1.59. The summed E-state index contributed by atoms with van der Waals surface area (Å²) < 4.78 is 10.4. The molecule has 2 aromatic rings. The Bertz CT molecular complexity index is 682. The van der Waals surface area contributed by atoms with Crippen molar-refractivity contribution in [3.05, 3.63) is 53.7 Å². The van der Waals surface area contributed by atoms with E-state index in [1.165, 1.54) is 0 Å². The topological polar surface area (TPSA) is 60.5 Å². The minimum Gasteiger partial charge on any atom is -0.493 e. The van der Waals surface area contributed by atoms with E-state index in [2.05, 4.69) is 10.3 Å². The highest BCUT2D eigenvalue weighted by atomic mass is 16.5. The summed E-state index contributed by atoms with van der Waals surface area (Å²) in [6.45, 7) is 1.75. The molecule has 0 saturated carbocycles. The van der Waals surface area contributed by atoms with Gasteiger partial charge in [0.2, 0.25) is 0 Å². The van der Waals surface area contributed by atoms with Crippen molar-refractivity contribution in [2.24, 2.45) is 0 Å². The molecular formula is C17H18N2O3. The van der Waals surface area contributed by atoms with Crippen molar-refractivity contribution in [1.29, 1.82) is 0 Å². The summed E-state index contributed by atoms with van der Waals surface area (Å²) in [6.07, 6.45) is 3.41. The van der Waals surface area contributed by atoms with Crippen molar-refractivity contribution in [2.75, 3.05) is 19.5 Å². The molecule has 2 rings (SSSR count). The number of nitrogens with one attached hydrogen (secondary N) is 1. The average molecular weight is 298 g/mol. The van der Waals surface area contributed by atoms with Crippen molar-refractivity contribution in [3.8, 4) is 11.5 Å². The maximum Gasteiger partial charge on any atom is 0.252 e. The zero-order valence-corrected chi connectivity index (χ0v) is 12.8. The summed E-state index contributed by atoms with van der Waals surface area (Å²) in [7, 11) is 3.16. The van der Waals surface area contributed by atoms with Crippen LogP contribution in [0.3, 0.4) is 0 Å². The van der Waals surface area contributed by atoms with Gasteiger partial charge in [0, 0.05) is 11.8 Å². The molecule has 0 unspecified atom stereocenters. The minimum absolute atomic E-state index is 0.200. The van der Waals surface area contributed by atoms with Crippen molar-refractivity contribution in [3.63, 3.8) is 0 Å². The Kier molecular flexibility index (Phi) is 5.14. The van der Waals surface area contributed by atoms with Crippen molar-refractivity contribution < 1.29 is 14.3 Å². The molecule has 114 valence electrons. The number of pyridine rings is 1. The number of aromatic nitrogens is 1. The molecule has 0 aliphatic rings. The number of hydrogen-bond acceptors (Lipinski definition) is 4. The molecule has 5 heteroatoms. The van der Waals surface area contributed by atoms with Gasteiger partial charge in [-0.15, -0.1) is 0 Å². The predicted octanol–water partition coefficient (Wildman–Crippen LogP) is 3.14. The zero-order chi connectivity index (χ0) is 15.9. The lowest BCUT2D eigenvalue weighted by molar-refractivity contribution is -0.112. The summed E-state index contributed by atoms with van der Waals surface area (Å²) >= 11 is 0. The van der Waals surface area contributed by atoms with E-state index >= 15 is 0 Å². The fraction of sp³-hybridized carbons (Fsp3) is 0.176. The van der Waals surface area contributed by atoms with Gasteiger partial charge in [0.05, 0.1) is 14.2 Å². The van der Waals surface area contributed by atoms with Crippen LogP contribution in [0.4, 0.5) is 5.82 Å². The number of methoxy groups -OCH3 is 2. The maximum atomic E-state index is 12.1. The van der Waals surface area contributed by atoms with Crippen molar-refractivity contribution in [1.82, 2.24) is 4.98 Å². The Morgan fingerprint density at radius 1 is 1.14 bits per heavy atom. The van der Waals surface area contributed by atoms with Crippen LogP contribution in [0.25, 0.3) is 6.08 Å². The van der Waals surface area contributed by atoms with Crippen molar-refractivity contribution >= 4 is 17.8 Å². The molecule has 1 heterocycles. The molecular weight excluding hydrogens is 280 g/mol. The van der Waals surface area contributed by atoms with Crippen LogP contribution in [-0.4, -0.2) is 25.1 Å². The second-order valence-electron chi connectivity index (χ2n) is 4.61. The van der Waals surface area contributed by atoms with E-state index in [0.29, 0.717) is 22.9 Å². The maximum absolute atomic E-state index is 12.1. The third kappa shape index (κ3) is 3.85. The van der Waals surface area contributed by atoms with Crippen molar-refractivity contribution in [2.45, 2.75) is 6.92 Å². The SMILES string of the molecule is COc1ccc(/C=C(\C)C(=O)Nc2ccccn2)cc1OC. The van der Waals surface area contributed by atoms with E-state index in [9.17, 15) is 4.79 Å². The third-order valence-corrected chi connectivity index (χ3v) is 3.06. The molecule has 0 bridgehead atoms. The molecule has 22 heavy (non-hydrogen) atoms. The fourth-order valence-corrected chi connectivity index (χ4v) is 1.91. The van der Waals surface area contributed by atoms with Gasteiger partial charge in [-0.2, -0.15) is 0 Å². The largest absolute Gasteiger partial charge is 0.493 e. The summed E-state index contributed by atoms with van der Waals surface area (Å²) in [6, 6.07) is 10.8. The normalized spacial score (nSPS) is 11.0. The smallest absolute Gasteiger partial charge is 0.252 e. The standard InChI is InChI=1S/C17H18N2O3/c1-12(17(20)19-16-6-4-5-9-18-16)10-13-7-8-14(21-2)15(11-13)22-3/h4-11H,1-3H3,(H,18,19,20)/b12-10+. The Balaban J connectivity index is 2.16. The van der Waals surface area contributed by atoms with Gasteiger partial charge in [-0.05, 0) is 42.8 Å². The molecule has 0 saturated heterocycles. The highest BCUT2D eigenvalue weighted by Gasteiger charge is 2.07. The molecule has 0 fully saturated rings. The minimum atomic E-state index is -0.200. The molecule has 0 aliphatic carbocycles. The van der Waals surface area contributed by atoms with Crippen LogP contribution < -0.4 is 14.8 Å². The molecule has 1 amide bonds. The first kappa shape index (κ1) is 15.6. The van der Waals surface area contributed by atoms with Gasteiger partial charge in [0.25, 0.3) is 5.91 Å². The monoisotopic (exact) mass is 298 g/mol. The first-order valence-corrected chi connectivity index (χ1v) is 6.76. The van der Waals surface area contributed by atoms with E-state index in [4.69, 9.17) is 9.47 Å². The van der Waals surface area contributed by atoms with Crippen LogP contribution in [0.1, 0.15) is 12.5 Å². The van der Waals surface area contributed by atoms with Crippen LogP contribution in [0.2, 0.25) is 0 Å². The second-order valence-corrected chi connectivity index (χ2v) is 4.61. The Morgan fingerprint density at radius 2 is 1.91 bits per heavy atom. The predicted molar refractivity (Wildman–Crippen MR) is 86.1 cm³/mol. The molecule has 0 aliphatic heterocycles. The van der Waals surface area contributed by atoms with Gasteiger partial charge in [-0.1, -0.05) is 12.1 Å². The quantitative estimate of drug-likeness (QED) is 0.861. The molecule has 1 N–H and O–H groups in total. The second kappa shape index (κ2) is 7.26. The van der Waals surface area contributed by atoms with E-state index in [-0.39, 0.29) is 5.91 Å². The zero-order valence-electron chi connectivity index (χ0n) is 12.8. The van der Waals surface area contributed by atoms with E-state index in [1.54, 1.807) is 51.6 Å². The fourth-order valence-electron chi connectivity index (χ4n) is 1.91. The van der Waals surface area contributed by atoms with Crippen LogP contribution in [-0.2, 0) is 4.79 Å². The number of anilines is 1. The van der Waals surface area contributed by atoms with Crippen LogP contribution in [0.5, 0.6) is 11.5 Å². The average Bonchev–Trinajstić information content (AvgIpc) is 2.55. The van der Waals surface area contributed by atoms with Gasteiger partial charge in [-0.25, -0.2) is 4.98 Å². The van der Waals surface area contributed by atoms with Gasteiger partial charge in [-0.3, -0.25) is 4.79 Å². The Hall–Kier alpha value is -2.82. The van der Waals surface area contributed by atoms with Crippen LogP contribution in [0.15, 0.2) is 48.2 Å². The van der Waals surface area contributed by atoms with E-state index in [1.807, 2.05) is 18.2 Å². The number of nitrogens with zero attached hydrogens (tertiary/aromatic N) is 1. The number of hydrogen-bond donors (Lipinski definition) is 1. The molecule has 0 radical (unpaired) electrons. The lowest BCUT2D eigenvalue weighted by atomic mass is 10.1. The number of carbonyl (C=O) groups excluding carboxylic acids is 1. The molecule has 0 atom stereocenters. The first-order valence-electron chi connectivity index (χ1n) is 6.76. The van der Waals surface area contributed by atoms with Gasteiger partial charge in [0.15, 0.2) is 11.5 Å². The molecule has 1 aromatic carbocycles. The lowest BCUT2D eigenvalue weighted by Gasteiger charge is -2.08. The molecule has 0 spiro atoms. The Morgan fingerprint density at radius 3 is 2.55 bits per heavy atom. The number of benzene rings is 1. The highest BCUT2D eigenvalue weighted by Crippen LogP contribution is 2.28. The number of ether oxygens (including phenoxy) is 2. The number of amides is 1. The summed E-state index contributed by atoms with van der Waals surface area (Å²) in [4.78, 5) is 16.2. The Labute approximate surface area is 129 Å². The number of carbonyl (C=O) groups is 1. The van der Waals surface area contributed by atoms with Gasteiger partial charge >= 0.3 is 0 Å². The first-order chi connectivity index (χ1) is 10.6. The van der Waals surface area contributed by atoms with Crippen LogP contribution >= 0.6 is 0 Å². The van der Waals surface area contributed by atoms with E-state index < -0.39 is 0 Å². The summed E-state index contributed by atoms with van der Waals surface area (Å²) in [5, 5.41) is 2.74. The van der Waals surface area contributed by atoms with E-state index in [0.717, 1.165) is 5.56 Å². The van der Waals surface area contributed by atoms with Gasteiger partial charge < -0.3 is 14.8 Å². The third-order valence-electron chi connectivity index (χ3n) is 3.06. The van der Waals surface area contributed by atoms with Crippen LogP contribution in [0, 0.1) is 0 Å². The molecule has 1 aromatic heterocycles. The highest BCUT2D eigenvalue weighted by molar-refractivity contribution is 6.05. The lowest BCUT2D eigenvalue weighted by Crippen LogP contribution is -2.13. The molecule has 5 nitrogen and oxygen atoms in total. The number of rotatable bonds is 5.